The summed E-state index contributed by atoms with van der Waals surface area (Å²) in [5, 5.41) is 3.09. The molecule has 2 fully saturated rings. The first-order chi connectivity index (χ1) is 9.70. The predicted octanol–water partition coefficient (Wildman–Crippen LogP) is 4.29. The topological polar surface area (TPSA) is 29.1 Å². The number of fused-ring (bicyclic) bond motifs is 3. The second kappa shape index (κ2) is 4.77. The number of aryl methyl sites for hydroxylation is 1. The molecule has 106 valence electrons. The highest BCUT2D eigenvalue weighted by atomic mass is 35.5. The van der Waals surface area contributed by atoms with Gasteiger partial charge in [0.1, 0.15) is 0 Å². The molecular formula is C17H20ClNO. The minimum Gasteiger partial charge on any atom is -0.326 e. The predicted molar refractivity (Wildman–Crippen MR) is 80.9 cm³/mol. The number of hydrogen-bond donors (Lipinski definition) is 1. The van der Waals surface area contributed by atoms with Crippen LogP contribution in [0, 0.1) is 17.8 Å². The van der Waals surface area contributed by atoms with Crippen LogP contribution in [0.3, 0.4) is 0 Å². The van der Waals surface area contributed by atoms with Gasteiger partial charge in [-0.2, -0.15) is 0 Å². The number of carbonyl (C=O) groups is 1. The quantitative estimate of drug-likeness (QED) is 0.809. The molecule has 1 heterocycles. The Bertz CT molecular complexity index is 556. The van der Waals surface area contributed by atoms with Crippen molar-refractivity contribution in [3.63, 3.8) is 0 Å². The highest BCUT2D eigenvalue weighted by Gasteiger charge is 2.43. The number of halogens is 1. The maximum atomic E-state index is 11.4. The molecule has 1 amide bonds. The first-order valence-electron chi connectivity index (χ1n) is 7.77. The Morgan fingerprint density at radius 2 is 2.10 bits per heavy atom. The molecule has 4 atom stereocenters. The number of nitrogens with one attached hydrogen (secondary N) is 1. The maximum Gasteiger partial charge on any atom is 0.224 e. The first kappa shape index (κ1) is 12.7. The van der Waals surface area contributed by atoms with E-state index in [1.165, 1.54) is 36.8 Å². The summed E-state index contributed by atoms with van der Waals surface area (Å²) in [6.07, 6.45) is 6.94. The van der Waals surface area contributed by atoms with Gasteiger partial charge in [0.05, 0.1) is 5.38 Å². The molecular weight excluding hydrogens is 270 g/mol. The Balaban J connectivity index is 1.58. The van der Waals surface area contributed by atoms with Crippen LogP contribution in [-0.2, 0) is 11.2 Å². The molecule has 1 aromatic rings. The third-order valence-corrected chi connectivity index (χ3v) is 6.09. The average Bonchev–Trinajstić information content (AvgIpc) is 3.08. The fourth-order valence-electron chi connectivity index (χ4n) is 4.47. The van der Waals surface area contributed by atoms with Gasteiger partial charge in [-0.1, -0.05) is 18.6 Å². The summed E-state index contributed by atoms with van der Waals surface area (Å²) in [7, 11) is 0. The van der Waals surface area contributed by atoms with Crippen LogP contribution in [0.15, 0.2) is 18.2 Å². The Morgan fingerprint density at radius 1 is 1.20 bits per heavy atom. The lowest BCUT2D eigenvalue weighted by molar-refractivity contribution is -0.116. The van der Waals surface area contributed by atoms with Gasteiger partial charge in [0.25, 0.3) is 0 Å². The molecule has 2 saturated carbocycles. The highest BCUT2D eigenvalue weighted by Crippen LogP contribution is 2.54. The standard InChI is InChI=1S/C17H20ClNO/c18-17(14-8-10-1-2-11(14)7-10)13-3-5-15-12(9-13)4-6-16(20)19-15/h3,5,9-11,14,17H,1-2,4,6-8H2,(H,19,20). The van der Waals surface area contributed by atoms with E-state index < -0.39 is 0 Å². The summed E-state index contributed by atoms with van der Waals surface area (Å²) in [6, 6.07) is 6.36. The zero-order valence-electron chi connectivity index (χ0n) is 11.6. The van der Waals surface area contributed by atoms with E-state index >= 15 is 0 Å². The first-order valence-corrected chi connectivity index (χ1v) is 8.21. The second-order valence-corrected chi connectivity index (χ2v) is 7.18. The van der Waals surface area contributed by atoms with Crippen molar-refractivity contribution in [1.29, 1.82) is 0 Å². The van der Waals surface area contributed by atoms with Crippen LogP contribution < -0.4 is 5.32 Å². The van der Waals surface area contributed by atoms with E-state index in [0.717, 1.165) is 23.9 Å². The monoisotopic (exact) mass is 289 g/mol. The zero-order valence-corrected chi connectivity index (χ0v) is 12.3. The van der Waals surface area contributed by atoms with Gasteiger partial charge in [-0.05, 0) is 60.6 Å². The van der Waals surface area contributed by atoms with Crippen molar-refractivity contribution in [2.45, 2.75) is 43.9 Å². The van der Waals surface area contributed by atoms with Crippen LogP contribution in [0.1, 0.15) is 48.6 Å². The molecule has 0 saturated heterocycles. The number of hydrogen-bond acceptors (Lipinski definition) is 1. The summed E-state index contributed by atoms with van der Waals surface area (Å²) in [5.41, 5.74) is 3.47. The highest BCUT2D eigenvalue weighted by molar-refractivity contribution is 6.21. The average molecular weight is 290 g/mol. The molecule has 2 bridgehead atoms. The van der Waals surface area contributed by atoms with Gasteiger partial charge in [0.2, 0.25) is 5.91 Å². The number of amides is 1. The second-order valence-electron chi connectivity index (χ2n) is 6.71. The van der Waals surface area contributed by atoms with E-state index in [0.29, 0.717) is 12.3 Å². The van der Waals surface area contributed by atoms with Crippen LogP contribution in [0.5, 0.6) is 0 Å². The van der Waals surface area contributed by atoms with Gasteiger partial charge in [0.15, 0.2) is 0 Å². The minimum absolute atomic E-state index is 0.126. The van der Waals surface area contributed by atoms with E-state index in [1.54, 1.807) is 0 Å². The molecule has 20 heavy (non-hydrogen) atoms. The van der Waals surface area contributed by atoms with Gasteiger partial charge in [-0.25, -0.2) is 0 Å². The van der Waals surface area contributed by atoms with Crippen molar-refractivity contribution in [2.24, 2.45) is 17.8 Å². The molecule has 0 aromatic heterocycles. The Labute approximate surface area is 124 Å². The lowest BCUT2D eigenvalue weighted by atomic mass is 9.83. The van der Waals surface area contributed by atoms with E-state index in [4.69, 9.17) is 11.6 Å². The molecule has 0 radical (unpaired) electrons. The third-order valence-electron chi connectivity index (χ3n) is 5.51. The van der Waals surface area contributed by atoms with Crippen molar-refractivity contribution >= 4 is 23.2 Å². The van der Waals surface area contributed by atoms with Crippen LogP contribution in [0.4, 0.5) is 5.69 Å². The lowest BCUT2D eigenvalue weighted by Gasteiger charge is -2.27. The molecule has 2 aliphatic carbocycles. The molecule has 3 aliphatic rings. The van der Waals surface area contributed by atoms with Crippen LogP contribution in [0.2, 0.25) is 0 Å². The normalized spacial score (nSPS) is 32.9. The van der Waals surface area contributed by atoms with Crippen LogP contribution >= 0.6 is 11.6 Å². The number of carbonyl (C=O) groups excluding carboxylic acids is 1. The Kier molecular flexibility index (Phi) is 3.03. The van der Waals surface area contributed by atoms with E-state index in [9.17, 15) is 4.79 Å². The number of benzene rings is 1. The summed E-state index contributed by atoms with van der Waals surface area (Å²) in [6.45, 7) is 0. The van der Waals surface area contributed by atoms with Crippen molar-refractivity contribution in [2.75, 3.05) is 5.32 Å². The number of anilines is 1. The van der Waals surface area contributed by atoms with Gasteiger partial charge in [-0.3, -0.25) is 4.79 Å². The summed E-state index contributed by atoms with van der Waals surface area (Å²) < 4.78 is 0. The molecule has 3 heteroatoms. The van der Waals surface area contributed by atoms with Crippen molar-refractivity contribution in [1.82, 2.24) is 0 Å². The summed E-state index contributed by atoms with van der Waals surface area (Å²) in [4.78, 5) is 11.4. The number of alkyl halides is 1. The Morgan fingerprint density at radius 3 is 2.85 bits per heavy atom. The van der Waals surface area contributed by atoms with Crippen molar-refractivity contribution < 1.29 is 4.79 Å². The van der Waals surface area contributed by atoms with Gasteiger partial charge < -0.3 is 5.32 Å². The molecule has 4 rings (SSSR count). The molecule has 2 nitrogen and oxygen atoms in total. The molecule has 1 N–H and O–H groups in total. The maximum absolute atomic E-state index is 11.4. The van der Waals surface area contributed by atoms with Gasteiger partial charge in [0, 0.05) is 12.1 Å². The smallest absolute Gasteiger partial charge is 0.224 e. The van der Waals surface area contributed by atoms with E-state index in [1.807, 2.05) is 6.07 Å². The van der Waals surface area contributed by atoms with Crippen LogP contribution in [-0.4, -0.2) is 5.91 Å². The van der Waals surface area contributed by atoms with Gasteiger partial charge >= 0.3 is 0 Å². The van der Waals surface area contributed by atoms with Gasteiger partial charge in [-0.15, -0.1) is 11.6 Å². The SMILES string of the molecule is O=C1CCc2cc(C(Cl)C3CC4CCC3C4)ccc2N1. The molecule has 0 spiro atoms. The third kappa shape index (κ3) is 2.05. The molecule has 4 unspecified atom stereocenters. The summed E-state index contributed by atoms with van der Waals surface area (Å²) >= 11 is 6.79. The van der Waals surface area contributed by atoms with E-state index in [-0.39, 0.29) is 11.3 Å². The number of rotatable bonds is 2. The fraction of sp³-hybridized carbons (Fsp3) is 0.588. The Hall–Kier alpha value is -1.02. The van der Waals surface area contributed by atoms with E-state index in [2.05, 4.69) is 17.4 Å². The lowest BCUT2D eigenvalue weighted by Crippen LogP contribution is -2.20. The van der Waals surface area contributed by atoms with Crippen molar-refractivity contribution in [3.8, 4) is 0 Å². The van der Waals surface area contributed by atoms with Crippen molar-refractivity contribution in [3.05, 3.63) is 29.3 Å². The molecule has 1 aromatic carbocycles. The van der Waals surface area contributed by atoms with Crippen LogP contribution in [0.25, 0.3) is 0 Å². The summed E-state index contributed by atoms with van der Waals surface area (Å²) in [5.74, 6) is 2.56. The minimum atomic E-state index is 0.126. The molecule has 1 aliphatic heterocycles. The fourth-order valence-corrected chi connectivity index (χ4v) is 4.92. The largest absolute Gasteiger partial charge is 0.326 e. The zero-order chi connectivity index (χ0) is 13.7.